The molecule has 0 rings (SSSR count). The predicted octanol–water partition coefficient (Wildman–Crippen LogP) is 18.6. The highest BCUT2D eigenvalue weighted by Crippen LogP contribution is 2.19. The van der Waals surface area contributed by atoms with Crippen LogP contribution in [0.1, 0.15) is 310 Å². The first-order valence-electron chi connectivity index (χ1n) is 29.9. The lowest BCUT2D eigenvalue weighted by Crippen LogP contribution is -2.46. The van der Waals surface area contributed by atoms with Crippen molar-refractivity contribution in [2.24, 2.45) is 0 Å². The molecule has 1 amide bonds. The van der Waals surface area contributed by atoms with Gasteiger partial charge >= 0.3 is 5.97 Å². The number of allylic oxidation sites excluding steroid dienone is 8. The Hall–Kier alpha value is -2.18. The van der Waals surface area contributed by atoms with Crippen molar-refractivity contribution in [3.63, 3.8) is 0 Å². The summed E-state index contributed by atoms with van der Waals surface area (Å²) in [5, 5.41) is 23.9. The SMILES string of the molecule is CCCCC/C=C\C/C=C\C/C=C\C/C=C\CCCCCC(=O)OC(CCCCCCCCCCCCCCCCCCC)CC(=O)NC(CO)C(O)CCCCCCCCCCCCCCC. The number of carbonyl (C=O) groups excluding carboxylic acids is 2. The zero-order valence-corrected chi connectivity index (χ0v) is 45.5. The average molecular weight is 955 g/mol. The van der Waals surface area contributed by atoms with Crippen LogP contribution in [0.15, 0.2) is 48.6 Å². The Kier molecular flexibility index (Phi) is 54.0. The van der Waals surface area contributed by atoms with Crippen molar-refractivity contribution in [3.05, 3.63) is 48.6 Å². The molecule has 0 aliphatic carbocycles. The lowest BCUT2D eigenvalue weighted by atomic mass is 10.0. The van der Waals surface area contributed by atoms with E-state index in [1.54, 1.807) is 0 Å². The smallest absolute Gasteiger partial charge is 0.306 e. The lowest BCUT2D eigenvalue weighted by molar-refractivity contribution is -0.151. The fraction of sp³-hybridized carbons (Fsp3) is 0.839. The molecule has 398 valence electrons. The summed E-state index contributed by atoms with van der Waals surface area (Å²) in [5.74, 6) is -0.495. The minimum absolute atomic E-state index is 0.0681. The second-order valence-corrected chi connectivity index (χ2v) is 20.4. The van der Waals surface area contributed by atoms with Crippen molar-refractivity contribution in [3.8, 4) is 0 Å². The summed E-state index contributed by atoms with van der Waals surface area (Å²) in [6.45, 7) is 6.48. The van der Waals surface area contributed by atoms with Crippen LogP contribution in [0, 0.1) is 0 Å². The molecule has 6 heteroatoms. The number of unbranched alkanes of at least 4 members (excludes halogenated alkanes) is 34. The summed E-state index contributed by atoms with van der Waals surface area (Å²) in [5.41, 5.74) is 0. The molecule has 0 aromatic heterocycles. The molecule has 0 aliphatic rings. The molecule has 3 N–H and O–H groups in total. The fourth-order valence-electron chi connectivity index (χ4n) is 9.12. The molecule has 0 aliphatic heterocycles. The van der Waals surface area contributed by atoms with E-state index in [0.29, 0.717) is 19.3 Å². The van der Waals surface area contributed by atoms with Crippen molar-refractivity contribution in [2.45, 2.75) is 328 Å². The first-order chi connectivity index (χ1) is 33.5. The monoisotopic (exact) mass is 954 g/mol. The molecule has 0 saturated heterocycles. The van der Waals surface area contributed by atoms with E-state index >= 15 is 0 Å². The second kappa shape index (κ2) is 55.7. The van der Waals surface area contributed by atoms with Gasteiger partial charge in [0.2, 0.25) is 5.91 Å². The van der Waals surface area contributed by atoms with E-state index in [4.69, 9.17) is 4.74 Å². The van der Waals surface area contributed by atoms with E-state index in [9.17, 15) is 19.8 Å². The highest BCUT2D eigenvalue weighted by atomic mass is 16.5. The Morgan fingerprint density at radius 2 is 0.750 bits per heavy atom. The highest BCUT2D eigenvalue weighted by molar-refractivity contribution is 5.77. The van der Waals surface area contributed by atoms with Crippen LogP contribution in [0.5, 0.6) is 0 Å². The minimum Gasteiger partial charge on any atom is -0.462 e. The number of hydrogen-bond donors (Lipinski definition) is 3. The van der Waals surface area contributed by atoms with Gasteiger partial charge in [-0.25, -0.2) is 0 Å². The molecule has 3 atom stereocenters. The Morgan fingerprint density at radius 1 is 0.426 bits per heavy atom. The average Bonchev–Trinajstić information content (AvgIpc) is 3.33. The number of amides is 1. The van der Waals surface area contributed by atoms with Gasteiger partial charge in [-0.05, 0) is 70.6 Å². The van der Waals surface area contributed by atoms with Gasteiger partial charge in [-0.15, -0.1) is 0 Å². The maximum Gasteiger partial charge on any atom is 0.306 e. The molecule has 0 aromatic carbocycles. The fourth-order valence-corrected chi connectivity index (χ4v) is 9.12. The summed E-state index contributed by atoms with van der Waals surface area (Å²) >= 11 is 0. The number of esters is 1. The predicted molar refractivity (Wildman–Crippen MR) is 296 cm³/mol. The number of nitrogens with one attached hydrogen (secondary N) is 1. The van der Waals surface area contributed by atoms with Gasteiger partial charge in [0.1, 0.15) is 6.10 Å². The Bertz CT molecular complexity index is 1160. The van der Waals surface area contributed by atoms with E-state index in [2.05, 4.69) is 74.7 Å². The molecular weight excluding hydrogens is 839 g/mol. The van der Waals surface area contributed by atoms with E-state index in [1.807, 2.05) is 0 Å². The quantitative estimate of drug-likeness (QED) is 0.0321. The van der Waals surface area contributed by atoms with Crippen molar-refractivity contribution < 1.29 is 24.5 Å². The summed E-state index contributed by atoms with van der Waals surface area (Å²) in [4.78, 5) is 26.3. The normalized spacial score (nSPS) is 13.4. The van der Waals surface area contributed by atoms with Crippen LogP contribution in [-0.2, 0) is 14.3 Å². The molecule has 0 fully saturated rings. The lowest BCUT2D eigenvalue weighted by Gasteiger charge is -2.24. The van der Waals surface area contributed by atoms with Crippen LogP contribution in [0.25, 0.3) is 0 Å². The minimum atomic E-state index is -0.793. The number of aliphatic hydroxyl groups is 2. The van der Waals surface area contributed by atoms with Crippen LogP contribution in [0.2, 0.25) is 0 Å². The molecule has 6 nitrogen and oxygen atoms in total. The Balaban J connectivity index is 4.60. The molecule has 0 bridgehead atoms. The molecule has 68 heavy (non-hydrogen) atoms. The first-order valence-corrected chi connectivity index (χ1v) is 29.9. The standard InChI is InChI=1S/C62H115NO5/c1-4-7-10-13-16-19-22-25-27-29-30-32-34-37-40-43-46-49-52-55-62(67)68-58(53-50-47-44-41-38-36-33-31-28-26-23-20-17-14-11-8-5-2)56-61(66)63-59(57-64)60(65)54-51-48-45-42-39-35-24-21-18-15-12-9-6-3/h16,19,25,27,30,32,37,40,58-60,64-65H,4-15,17-18,20-24,26,28-29,31,33-36,38-39,41-57H2,1-3H3,(H,63,66)/b19-16-,27-25-,32-30-,40-37-. The van der Waals surface area contributed by atoms with Crippen molar-refractivity contribution in [1.82, 2.24) is 5.32 Å². The summed E-state index contributed by atoms with van der Waals surface area (Å²) in [6.07, 6.45) is 68.9. The van der Waals surface area contributed by atoms with E-state index in [-0.39, 0.29) is 24.9 Å². The zero-order chi connectivity index (χ0) is 49.5. The van der Waals surface area contributed by atoms with Gasteiger partial charge in [-0.2, -0.15) is 0 Å². The zero-order valence-electron chi connectivity index (χ0n) is 45.5. The third-order valence-corrected chi connectivity index (χ3v) is 13.7. The molecule has 3 unspecified atom stereocenters. The third kappa shape index (κ3) is 50.2. The highest BCUT2D eigenvalue weighted by Gasteiger charge is 2.24. The second-order valence-electron chi connectivity index (χ2n) is 20.4. The van der Waals surface area contributed by atoms with E-state index in [0.717, 1.165) is 77.0 Å². The van der Waals surface area contributed by atoms with Gasteiger partial charge in [0.05, 0.1) is 25.2 Å². The maximum absolute atomic E-state index is 13.3. The van der Waals surface area contributed by atoms with E-state index < -0.39 is 18.2 Å². The Labute approximate surface area is 423 Å². The third-order valence-electron chi connectivity index (χ3n) is 13.7. The maximum atomic E-state index is 13.3. The van der Waals surface area contributed by atoms with Gasteiger partial charge in [0.15, 0.2) is 0 Å². The van der Waals surface area contributed by atoms with Crippen LogP contribution >= 0.6 is 0 Å². The van der Waals surface area contributed by atoms with Crippen LogP contribution in [-0.4, -0.2) is 46.9 Å². The molecule has 0 spiro atoms. The summed E-state index contributed by atoms with van der Waals surface area (Å²) in [6, 6.07) is -0.707. The number of aliphatic hydroxyl groups excluding tert-OH is 2. The van der Waals surface area contributed by atoms with Crippen molar-refractivity contribution in [2.75, 3.05) is 6.61 Å². The van der Waals surface area contributed by atoms with Gasteiger partial charge in [-0.1, -0.05) is 275 Å². The van der Waals surface area contributed by atoms with Crippen LogP contribution < -0.4 is 5.32 Å². The molecule has 0 radical (unpaired) electrons. The van der Waals surface area contributed by atoms with Gasteiger partial charge < -0.3 is 20.3 Å². The Morgan fingerprint density at radius 3 is 1.15 bits per heavy atom. The molecule has 0 saturated carbocycles. The van der Waals surface area contributed by atoms with Gasteiger partial charge in [0, 0.05) is 6.42 Å². The van der Waals surface area contributed by atoms with Crippen molar-refractivity contribution >= 4 is 11.9 Å². The van der Waals surface area contributed by atoms with Gasteiger partial charge in [-0.3, -0.25) is 9.59 Å². The number of carbonyl (C=O) groups is 2. The number of rotatable bonds is 54. The summed E-state index contributed by atoms with van der Waals surface area (Å²) in [7, 11) is 0. The van der Waals surface area contributed by atoms with Crippen LogP contribution in [0.3, 0.4) is 0 Å². The molecule has 0 heterocycles. The topological polar surface area (TPSA) is 95.9 Å². The first kappa shape index (κ1) is 65.8. The number of ether oxygens (including phenoxy) is 1. The largest absolute Gasteiger partial charge is 0.462 e. The molecular formula is C62H115NO5. The molecule has 0 aromatic rings. The van der Waals surface area contributed by atoms with Gasteiger partial charge in [0.25, 0.3) is 0 Å². The summed E-state index contributed by atoms with van der Waals surface area (Å²) < 4.78 is 5.96. The van der Waals surface area contributed by atoms with Crippen LogP contribution in [0.4, 0.5) is 0 Å². The van der Waals surface area contributed by atoms with E-state index in [1.165, 1.54) is 186 Å². The van der Waals surface area contributed by atoms with Crippen molar-refractivity contribution in [1.29, 1.82) is 0 Å². The number of hydrogen-bond acceptors (Lipinski definition) is 5.